The van der Waals surface area contributed by atoms with Gasteiger partial charge in [-0.15, -0.1) is 0 Å². The van der Waals surface area contributed by atoms with E-state index in [1.807, 2.05) is 47.4 Å². The zero-order valence-electron chi connectivity index (χ0n) is 14.5. The van der Waals surface area contributed by atoms with E-state index < -0.39 is 0 Å². The average molecular weight is 348 g/mol. The summed E-state index contributed by atoms with van der Waals surface area (Å²) < 4.78 is 11.4. The number of carbonyl (C=O) groups is 1. The molecule has 5 nitrogen and oxygen atoms in total. The molecule has 5 heteroatoms. The highest BCUT2D eigenvalue weighted by atomic mass is 16.5. The van der Waals surface area contributed by atoms with E-state index in [9.17, 15) is 4.79 Å². The second-order valence-corrected chi connectivity index (χ2v) is 6.77. The second kappa shape index (κ2) is 6.27. The summed E-state index contributed by atoms with van der Waals surface area (Å²) >= 11 is 0. The molecule has 3 heterocycles. The van der Waals surface area contributed by atoms with Crippen LogP contribution in [0.2, 0.25) is 0 Å². The van der Waals surface area contributed by atoms with Crippen LogP contribution in [-0.4, -0.2) is 43.8 Å². The molecule has 3 aliphatic rings. The van der Waals surface area contributed by atoms with Gasteiger partial charge in [-0.25, -0.2) is 0 Å². The lowest BCUT2D eigenvalue weighted by Gasteiger charge is -2.30. The fourth-order valence-corrected chi connectivity index (χ4v) is 3.88. The smallest absolute Gasteiger partial charge is 0.263 e. The van der Waals surface area contributed by atoms with E-state index in [0.29, 0.717) is 37.8 Å². The van der Waals surface area contributed by atoms with Crippen molar-refractivity contribution < 1.29 is 14.3 Å². The number of carbonyl (C=O) groups excluding carboxylic acids is 1. The van der Waals surface area contributed by atoms with Crippen molar-refractivity contribution in [1.29, 1.82) is 0 Å². The van der Waals surface area contributed by atoms with Gasteiger partial charge < -0.3 is 9.47 Å². The first-order valence-corrected chi connectivity index (χ1v) is 8.99. The molecule has 1 saturated heterocycles. The summed E-state index contributed by atoms with van der Waals surface area (Å²) in [5, 5.41) is 0. The van der Waals surface area contributed by atoms with Crippen LogP contribution in [0.5, 0.6) is 0 Å². The van der Waals surface area contributed by atoms with E-state index in [0.717, 1.165) is 35.5 Å². The molecule has 0 aliphatic carbocycles. The van der Waals surface area contributed by atoms with Crippen molar-refractivity contribution >= 4 is 22.9 Å². The van der Waals surface area contributed by atoms with Crippen molar-refractivity contribution in [3.63, 3.8) is 0 Å². The third kappa shape index (κ3) is 2.43. The van der Waals surface area contributed by atoms with Gasteiger partial charge in [0.25, 0.3) is 5.91 Å². The van der Waals surface area contributed by atoms with Gasteiger partial charge in [-0.1, -0.05) is 42.5 Å². The molecule has 0 radical (unpaired) electrons. The molecule has 2 aromatic carbocycles. The Bertz CT molecular complexity index is 900. The Kier molecular flexibility index (Phi) is 3.76. The molecule has 0 aromatic heterocycles. The Balaban J connectivity index is 1.58. The first kappa shape index (κ1) is 15.6. The largest absolute Gasteiger partial charge is 0.487 e. The van der Waals surface area contributed by atoms with Crippen LogP contribution in [0, 0.1) is 0 Å². The Morgan fingerprint density at radius 3 is 2.50 bits per heavy atom. The quantitative estimate of drug-likeness (QED) is 0.783. The second-order valence-electron chi connectivity index (χ2n) is 6.77. The minimum Gasteiger partial charge on any atom is -0.487 e. The third-order valence-corrected chi connectivity index (χ3v) is 5.23. The fourth-order valence-electron chi connectivity index (χ4n) is 3.88. The average Bonchev–Trinajstić information content (AvgIpc) is 3.22. The minimum absolute atomic E-state index is 0.0180. The fraction of sp³-hybridized carbons (Fsp3) is 0.286. The number of nitrogens with zero attached hydrogens (tertiary/aromatic N) is 2. The molecule has 26 heavy (non-hydrogen) atoms. The van der Waals surface area contributed by atoms with Crippen molar-refractivity contribution in [1.82, 2.24) is 4.90 Å². The molecule has 0 atom stereocenters. The number of amides is 1. The van der Waals surface area contributed by atoms with Crippen LogP contribution >= 0.6 is 0 Å². The van der Waals surface area contributed by atoms with Crippen molar-refractivity contribution in [2.45, 2.75) is 6.61 Å². The molecule has 1 fully saturated rings. The summed E-state index contributed by atoms with van der Waals surface area (Å²) in [6, 6.07) is 16.1. The van der Waals surface area contributed by atoms with E-state index in [4.69, 9.17) is 9.47 Å². The maximum atomic E-state index is 13.4. The van der Waals surface area contributed by atoms with Crippen molar-refractivity contribution in [2.24, 2.45) is 0 Å². The van der Waals surface area contributed by atoms with Gasteiger partial charge in [-0.3, -0.25) is 14.6 Å². The number of rotatable bonds is 2. The number of para-hydroxylation sites is 1. The van der Waals surface area contributed by atoms with Crippen molar-refractivity contribution in [2.75, 3.05) is 37.9 Å². The van der Waals surface area contributed by atoms with Crippen LogP contribution in [0.15, 0.2) is 48.5 Å². The molecule has 2 aromatic rings. The van der Waals surface area contributed by atoms with Gasteiger partial charge in [0.05, 0.1) is 31.1 Å². The Morgan fingerprint density at radius 1 is 0.923 bits per heavy atom. The highest BCUT2D eigenvalue weighted by molar-refractivity contribution is 6.37. The zero-order chi connectivity index (χ0) is 17.5. The predicted octanol–water partition coefficient (Wildman–Crippen LogP) is 2.72. The number of ether oxygens (including phenoxy) is 2. The molecule has 0 saturated carbocycles. The first-order chi connectivity index (χ1) is 12.8. The molecular formula is C21H20N2O3. The maximum Gasteiger partial charge on any atom is 0.263 e. The molecule has 132 valence electrons. The Labute approximate surface area is 152 Å². The van der Waals surface area contributed by atoms with Gasteiger partial charge in [0.2, 0.25) is 0 Å². The van der Waals surface area contributed by atoms with E-state index in [1.54, 1.807) is 0 Å². The monoisotopic (exact) mass is 348 g/mol. The van der Waals surface area contributed by atoms with E-state index in [-0.39, 0.29) is 5.91 Å². The molecule has 1 amide bonds. The molecule has 0 spiro atoms. The van der Waals surface area contributed by atoms with Gasteiger partial charge in [-0.2, -0.15) is 0 Å². The normalized spacial score (nSPS) is 22.3. The summed E-state index contributed by atoms with van der Waals surface area (Å²) in [5.74, 6) is 0.729. The number of morpholine rings is 1. The lowest BCUT2D eigenvalue weighted by atomic mass is 10.0. The zero-order valence-corrected chi connectivity index (χ0v) is 14.5. The third-order valence-electron chi connectivity index (χ3n) is 5.23. The van der Waals surface area contributed by atoms with Crippen LogP contribution in [-0.2, 0) is 20.9 Å². The van der Waals surface area contributed by atoms with E-state index >= 15 is 0 Å². The summed E-state index contributed by atoms with van der Waals surface area (Å²) in [7, 11) is 0. The lowest BCUT2D eigenvalue weighted by molar-refractivity contribution is -0.113. The van der Waals surface area contributed by atoms with Crippen LogP contribution in [0.25, 0.3) is 11.3 Å². The summed E-state index contributed by atoms with van der Waals surface area (Å²) in [6.45, 7) is 4.22. The van der Waals surface area contributed by atoms with Gasteiger partial charge >= 0.3 is 0 Å². The summed E-state index contributed by atoms with van der Waals surface area (Å²) in [4.78, 5) is 17.5. The topological polar surface area (TPSA) is 42.0 Å². The lowest BCUT2D eigenvalue weighted by Crippen LogP contribution is -2.45. The molecule has 0 bridgehead atoms. The van der Waals surface area contributed by atoms with Crippen molar-refractivity contribution in [3.05, 3.63) is 65.2 Å². The first-order valence-electron chi connectivity index (χ1n) is 8.99. The summed E-state index contributed by atoms with van der Waals surface area (Å²) in [6.07, 6.45) is 0. The Morgan fingerprint density at radius 2 is 1.65 bits per heavy atom. The van der Waals surface area contributed by atoms with Gasteiger partial charge in [0, 0.05) is 29.8 Å². The van der Waals surface area contributed by atoms with Crippen LogP contribution in [0.3, 0.4) is 0 Å². The predicted molar refractivity (Wildman–Crippen MR) is 99.2 cm³/mol. The van der Waals surface area contributed by atoms with E-state index in [2.05, 4.69) is 11.0 Å². The van der Waals surface area contributed by atoms with Gasteiger partial charge in [0.15, 0.2) is 0 Å². The number of hydrogen-bond donors (Lipinski definition) is 0. The highest BCUT2D eigenvalue weighted by Gasteiger charge is 2.38. The van der Waals surface area contributed by atoms with Crippen LogP contribution < -0.4 is 4.90 Å². The van der Waals surface area contributed by atoms with Crippen LogP contribution in [0.1, 0.15) is 16.7 Å². The molecule has 5 rings (SSSR count). The van der Waals surface area contributed by atoms with Gasteiger partial charge in [-0.05, 0) is 6.07 Å². The Hall–Kier alpha value is -2.63. The summed E-state index contributed by atoms with van der Waals surface area (Å²) in [5.41, 5.74) is 4.75. The van der Waals surface area contributed by atoms with Gasteiger partial charge in [0.1, 0.15) is 12.4 Å². The SMILES string of the molecule is O=C1C(=C2OCc3ccccc32)c2ccccc2N1CN1CCOCC1. The minimum atomic E-state index is 0.0180. The highest BCUT2D eigenvalue weighted by Crippen LogP contribution is 2.43. The number of benzene rings is 2. The number of hydrogen-bond acceptors (Lipinski definition) is 4. The molecule has 3 aliphatic heterocycles. The molecule has 0 N–H and O–H groups in total. The van der Waals surface area contributed by atoms with E-state index in [1.165, 1.54) is 0 Å². The molecular weight excluding hydrogens is 328 g/mol. The maximum absolute atomic E-state index is 13.4. The van der Waals surface area contributed by atoms with Crippen molar-refractivity contribution in [3.8, 4) is 0 Å². The number of fused-ring (bicyclic) bond motifs is 2. The molecule has 0 unspecified atom stereocenters. The van der Waals surface area contributed by atoms with Crippen LogP contribution in [0.4, 0.5) is 5.69 Å². The standard InChI is InChI=1S/C21H20N2O3/c24-21-19(20-16-6-2-1-5-15(16)13-26-20)17-7-3-4-8-18(17)23(21)14-22-9-11-25-12-10-22/h1-8H,9-14H2. The number of anilines is 1.